The Hall–Kier alpha value is -3.37. The van der Waals surface area contributed by atoms with Crippen LogP contribution in [0.4, 0.5) is 5.69 Å². The van der Waals surface area contributed by atoms with Crippen molar-refractivity contribution in [2.45, 2.75) is 30.9 Å². The molecule has 1 aromatic carbocycles. The van der Waals surface area contributed by atoms with Crippen LogP contribution < -0.4 is 10.6 Å². The van der Waals surface area contributed by atoms with Gasteiger partial charge in [0, 0.05) is 30.3 Å². The number of ketones is 2. The number of aromatic hydroxyl groups is 1. The second-order valence-electron chi connectivity index (χ2n) is 9.76. The summed E-state index contributed by atoms with van der Waals surface area (Å²) >= 11 is 0. The van der Waals surface area contributed by atoms with Crippen LogP contribution >= 0.6 is 0 Å². The van der Waals surface area contributed by atoms with E-state index in [1.54, 1.807) is 20.2 Å². The van der Waals surface area contributed by atoms with Crippen LogP contribution in [0.15, 0.2) is 29.0 Å². The molecule has 1 aliphatic heterocycles. The average Bonchev–Trinajstić information content (AvgIpc) is 2.70. The summed E-state index contributed by atoms with van der Waals surface area (Å²) in [4.78, 5) is 42.5. The summed E-state index contributed by atoms with van der Waals surface area (Å²) in [6.07, 6.45) is 1.41. The molecule has 4 aliphatic rings. The van der Waals surface area contributed by atoms with E-state index in [-0.39, 0.29) is 23.3 Å². The first kappa shape index (κ1) is 22.4. The van der Waals surface area contributed by atoms with Gasteiger partial charge in [-0.25, -0.2) is 0 Å². The molecule has 5 rings (SSSR count). The molecule has 2 fully saturated rings. The molecule has 10 nitrogen and oxygen atoms in total. The minimum absolute atomic E-state index is 0.0842. The summed E-state index contributed by atoms with van der Waals surface area (Å²) in [6.45, 7) is 1.68. The Balaban J connectivity index is 1.72. The number of fused-ring (bicyclic) bond motifs is 3. The molecule has 0 radical (unpaired) electrons. The van der Waals surface area contributed by atoms with Crippen LogP contribution in [0.2, 0.25) is 0 Å². The highest BCUT2D eigenvalue weighted by molar-refractivity contribution is 6.24. The third-order valence-electron chi connectivity index (χ3n) is 7.78. The van der Waals surface area contributed by atoms with Crippen molar-refractivity contribution in [3.63, 3.8) is 0 Å². The Morgan fingerprint density at radius 2 is 1.85 bits per heavy atom. The minimum Gasteiger partial charge on any atom is -0.508 e. The van der Waals surface area contributed by atoms with E-state index in [4.69, 9.17) is 5.73 Å². The van der Waals surface area contributed by atoms with Crippen LogP contribution in [-0.2, 0) is 20.8 Å². The molecule has 0 bridgehead atoms. The van der Waals surface area contributed by atoms with Crippen molar-refractivity contribution in [3.8, 4) is 5.75 Å². The number of carbonyl (C=O) groups is 3. The van der Waals surface area contributed by atoms with Gasteiger partial charge in [-0.15, -0.1) is 0 Å². The standard InChI is InChI=1S/C24H27N3O7/c1-26(2)18-12-9-10-8-11-13(27-6-3-7-27)4-5-14(28)16(11)19(29)15(10)21(31)24(12,34)22(32)17(20(18)30)23(25)33/h4-5,10,12,18,28-29,32,34H,3,6-9H2,1-2H3,(H2,25,33). The first-order valence-corrected chi connectivity index (χ1v) is 11.2. The summed E-state index contributed by atoms with van der Waals surface area (Å²) < 4.78 is 0. The fraction of sp³-hybridized carbons (Fsp3) is 0.458. The number of hydrogen-bond acceptors (Lipinski definition) is 9. The highest BCUT2D eigenvalue weighted by atomic mass is 16.3. The number of carbonyl (C=O) groups excluding carboxylic acids is 3. The lowest BCUT2D eigenvalue weighted by Crippen LogP contribution is -2.65. The molecule has 0 spiro atoms. The normalized spacial score (nSPS) is 30.7. The molecule has 1 saturated carbocycles. The zero-order chi connectivity index (χ0) is 24.7. The summed E-state index contributed by atoms with van der Waals surface area (Å²) in [5, 5.41) is 44.2. The van der Waals surface area contributed by atoms with Crippen molar-refractivity contribution in [2.24, 2.45) is 17.6 Å². The van der Waals surface area contributed by atoms with E-state index >= 15 is 0 Å². The molecule has 10 heteroatoms. The molecule has 34 heavy (non-hydrogen) atoms. The molecule has 4 unspecified atom stereocenters. The highest BCUT2D eigenvalue weighted by Gasteiger charge is 2.64. The molecule has 180 valence electrons. The van der Waals surface area contributed by atoms with Gasteiger partial charge >= 0.3 is 0 Å². The Morgan fingerprint density at radius 1 is 1.18 bits per heavy atom. The topological polar surface area (TPSA) is 165 Å². The Labute approximate surface area is 195 Å². The number of phenolic OH excluding ortho intramolecular Hbond substituents is 1. The van der Waals surface area contributed by atoms with E-state index < -0.39 is 58.0 Å². The van der Waals surface area contributed by atoms with E-state index in [9.17, 15) is 34.8 Å². The Kier molecular flexibility index (Phi) is 4.82. The second kappa shape index (κ2) is 7.31. The van der Waals surface area contributed by atoms with Crippen LogP contribution in [0.3, 0.4) is 0 Å². The van der Waals surface area contributed by atoms with Gasteiger partial charge in [0.2, 0.25) is 5.78 Å². The van der Waals surface area contributed by atoms with Crippen LogP contribution in [0.25, 0.3) is 5.76 Å². The molecule has 0 aromatic heterocycles. The highest BCUT2D eigenvalue weighted by Crippen LogP contribution is 2.53. The number of nitrogens with zero attached hydrogens (tertiary/aromatic N) is 2. The number of Topliss-reactive ketones (excluding diaryl/α,β-unsaturated/α-hetero) is 2. The quantitative estimate of drug-likeness (QED) is 0.388. The molecule has 1 amide bonds. The number of likely N-dealkylation sites (N-methyl/N-ethyl adjacent to an activating group) is 1. The van der Waals surface area contributed by atoms with E-state index in [1.165, 1.54) is 11.0 Å². The number of primary amides is 1. The van der Waals surface area contributed by atoms with E-state index in [2.05, 4.69) is 4.90 Å². The third kappa shape index (κ3) is 2.72. The number of nitrogens with two attached hydrogens (primary N) is 1. The number of rotatable bonds is 3. The fourth-order valence-corrected chi connectivity index (χ4v) is 6.08. The van der Waals surface area contributed by atoms with Crippen molar-refractivity contribution in [3.05, 3.63) is 40.2 Å². The molecule has 1 heterocycles. The van der Waals surface area contributed by atoms with Crippen molar-refractivity contribution in [1.29, 1.82) is 0 Å². The number of aliphatic hydroxyl groups is 3. The zero-order valence-electron chi connectivity index (χ0n) is 18.9. The molecule has 6 N–H and O–H groups in total. The van der Waals surface area contributed by atoms with Gasteiger partial charge in [-0.3, -0.25) is 19.3 Å². The molecule has 4 atom stereocenters. The number of amides is 1. The maximum Gasteiger partial charge on any atom is 0.255 e. The molecule has 1 saturated heterocycles. The maximum atomic E-state index is 13.8. The Morgan fingerprint density at radius 3 is 2.41 bits per heavy atom. The lowest BCUT2D eigenvalue weighted by atomic mass is 9.57. The predicted molar refractivity (Wildman–Crippen MR) is 121 cm³/mol. The molecular formula is C24H27N3O7. The number of aliphatic hydroxyl groups excluding tert-OH is 2. The average molecular weight is 469 g/mol. The minimum atomic E-state index is -2.62. The summed E-state index contributed by atoms with van der Waals surface area (Å²) in [6, 6.07) is 2.15. The lowest BCUT2D eigenvalue weighted by molar-refractivity contribution is -0.153. The first-order valence-electron chi connectivity index (χ1n) is 11.2. The lowest BCUT2D eigenvalue weighted by Gasteiger charge is -2.50. The number of hydrogen-bond donors (Lipinski definition) is 5. The van der Waals surface area contributed by atoms with E-state index in [0.29, 0.717) is 12.0 Å². The van der Waals surface area contributed by atoms with Crippen molar-refractivity contribution < 1.29 is 34.8 Å². The first-order chi connectivity index (χ1) is 16.0. The fourth-order valence-electron chi connectivity index (χ4n) is 6.08. The maximum absolute atomic E-state index is 13.8. The SMILES string of the molecule is CN(C)C1C(=O)C(C(N)=O)=C(O)C2(O)C(=O)C3=C(O)c4c(O)ccc(N5CCC5)c4CC3CC12. The van der Waals surface area contributed by atoms with Crippen LogP contribution in [0.1, 0.15) is 24.0 Å². The van der Waals surface area contributed by atoms with Gasteiger partial charge in [-0.1, -0.05) is 0 Å². The van der Waals surface area contributed by atoms with E-state index in [1.807, 2.05) is 0 Å². The van der Waals surface area contributed by atoms with Crippen LogP contribution in [-0.4, -0.2) is 81.6 Å². The molecule has 1 aromatic rings. The van der Waals surface area contributed by atoms with Crippen LogP contribution in [0.5, 0.6) is 5.75 Å². The van der Waals surface area contributed by atoms with Gasteiger partial charge in [0.1, 0.15) is 22.8 Å². The number of benzene rings is 1. The number of anilines is 1. The Bertz CT molecular complexity index is 1210. The third-order valence-corrected chi connectivity index (χ3v) is 7.78. The van der Waals surface area contributed by atoms with Gasteiger partial charge in [0.15, 0.2) is 11.4 Å². The summed E-state index contributed by atoms with van der Waals surface area (Å²) in [7, 11) is 3.15. The summed E-state index contributed by atoms with van der Waals surface area (Å²) in [5.41, 5.74) is 3.44. The largest absolute Gasteiger partial charge is 0.508 e. The second-order valence-corrected chi connectivity index (χ2v) is 9.76. The van der Waals surface area contributed by atoms with E-state index in [0.717, 1.165) is 25.2 Å². The number of phenols is 1. The monoisotopic (exact) mass is 469 g/mol. The van der Waals surface area contributed by atoms with Crippen LogP contribution in [0, 0.1) is 11.8 Å². The summed E-state index contributed by atoms with van der Waals surface area (Å²) in [5.74, 6) is -6.39. The zero-order valence-corrected chi connectivity index (χ0v) is 18.9. The van der Waals surface area contributed by atoms with Gasteiger partial charge in [0.25, 0.3) is 5.91 Å². The van der Waals surface area contributed by atoms with Gasteiger partial charge in [-0.05, 0) is 57.0 Å². The van der Waals surface area contributed by atoms with Crippen molar-refractivity contribution in [2.75, 3.05) is 32.1 Å². The van der Waals surface area contributed by atoms with Gasteiger partial charge < -0.3 is 31.1 Å². The van der Waals surface area contributed by atoms with Gasteiger partial charge in [-0.2, -0.15) is 0 Å². The molecular weight excluding hydrogens is 442 g/mol. The smallest absolute Gasteiger partial charge is 0.255 e. The van der Waals surface area contributed by atoms with Crippen molar-refractivity contribution in [1.82, 2.24) is 4.90 Å². The van der Waals surface area contributed by atoms with Crippen molar-refractivity contribution >= 4 is 28.9 Å². The molecule has 3 aliphatic carbocycles. The predicted octanol–water partition coefficient (Wildman–Crippen LogP) is 0.174. The van der Waals surface area contributed by atoms with Gasteiger partial charge in [0.05, 0.1) is 11.6 Å².